The van der Waals surface area contributed by atoms with E-state index >= 15 is 0 Å². The molecule has 0 amide bonds. The van der Waals surface area contributed by atoms with Crippen LogP contribution < -0.4 is 0 Å². The SMILES string of the molecule is CC(C)(C)c1ccc(C(=O)Cc2ccc(Br)cc2Cl)cc1. The van der Waals surface area contributed by atoms with E-state index in [1.165, 1.54) is 5.56 Å². The Bertz CT molecular complexity index is 654. The highest BCUT2D eigenvalue weighted by Crippen LogP contribution is 2.24. The van der Waals surface area contributed by atoms with Crippen LogP contribution in [0.15, 0.2) is 46.9 Å². The number of carbonyl (C=O) groups is 1. The minimum atomic E-state index is 0.0830. The highest BCUT2D eigenvalue weighted by atomic mass is 79.9. The molecular formula is C18H18BrClO. The van der Waals surface area contributed by atoms with E-state index in [1.807, 2.05) is 42.5 Å². The first-order valence-corrected chi connectivity index (χ1v) is 8.02. The standard InChI is InChI=1S/C18H18BrClO/c1-18(2,3)14-7-4-12(5-8-14)17(21)10-13-6-9-15(19)11-16(13)20/h4-9,11H,10H2,1-3H3. The fourth-order valence-corrected chi connectivity index (χ4v) is 2.84. The second-order valence-corrected chi connectivity index (χ2v) is 7.49. The number of Topliss-reactive ketones (excluding diaryl/α,β-unsaturated/α-hetero) is 1. The molecule has 2 aromatic rings. The zero-order chi connectivity index (χ0) is 15.6. The number of ketones is 1. The number of carbonyl (C=O) groups excluding carboxylic acids is 1. The molecule has 3 heteroatoms. The number of hydrogen-bond acceptors (Lipinski definition) is 1. The molecule has 0 aliphatic heterocycles. The molecule has 0 N–H and O–H groups in total. The van der Waals surface area contributed by atoms with Gasteiger partial charge in [-0.1, -0.05) is 78.6 Å². The average molecular weight is 366 g/mol. The lowest BCUT2D eigenvalue weighted by atomic mass is 9.86. The third-order valence-electron chi connectivity index (χ3n) is 3.44. The van der Waals surface area contributed by atoms with Crippen LogP contribution in [0.4, 0.5) is 0 Å². The lowest BCUT2D eigenvalue weighted by Gasteiger charge is -2.19. The molecule has 2 rings (SSSR count). The van der Waals surface area contributed by atoms with Crippen molar-refractivity contribution in [2.24, 2.45) is 0 Å². The van der Waals surface area contributed by atoms with Crippen molar-refractivity contribution in [1.29, 1.82) is 0 Å². The highest BCUT2D eigenvalue weighted by molar-refractivity contribution is 9.10. The van der Waals surface area contributed by atoms with Gasteiger partial charge >= 0.3 is 0 Å². The van der Waals surface area contributed by atoms with E-state index in [2.05, 4.69) is 36.7 Å². The van der Waals surface area contributed by atoms with Crippen LogP contribution in [-0.2, 0) is 11.8 Å². The van der Waals surface area contributed by atoms with Crippen molar-refractivity contribution >= 4 is 33.3 Å². The summed E-state index contributed by atoms with van der Waals surface area (Å²) in [5.41, 5.74) is 2.89. The molecule has 110 valence electrons. The Morgan fingerprint density at radius 3 is 2.24 bits per heavy atom. The molecule has 0 saturated heterocycles. The monoisotopic (exact) mass is 364 g/mol. The number of benzene rings is 2. The van der Waals surface area contributed by atoms with Gasteiger partial charge in [-0.25, -0.2) is 0 Å². The Labute approximate surface area is 139 Å². The highest BCUT2D eigenvalue weighted by Gasteiger charge is 2.15. The van der Waals surface area contributed by atoms with Crippen molar-refractivity contribution in [2.75, 3.05) is 0 Å². The summed E-state index contributed by atoms with van der Waals surface area (Å²) < 4.78 is 0.915. The molecule has 0 aliphatic rings. The average Bonchev–Trinajstić information content (AvgIpc) is 2.41. The van der Waals surface area contributed by atoms with Gasteiger partial charge in [0.05, 0.1) is 0 Å². The lowest BCUT2D eigenvalue weighted by molar-refractivity contribution is 0.0993. The number of halogens is 2. The molecule has 0 spiro atoms. The van der Waals surface area contributed by atoms with Gasteiger partial charge < -0.3 is 0 Å². The van der Waals surface area contributed by atoms with Crippen molar-refractivity contribution in [2.45, 2.75) is 32.6 Å². The zero-order valence-electron chi connectivity index (χ0n) is 12.4. The quantitative estimate of drug-likeness (QED) is 0.626. The third kappa shape index (κ3) is 4.18. The predicted molar refractivity (Wildman–Crippen MR) is 92.3 cm³/mol. The maximum absolute atomic E-state index is 12.3. The lowest BCUT2D eigenvalue weighted by Crippen LogP contribution is -2.11. The second-order valence-electron chi connectivity index (χ2n) is 6.16. The van der Waals surface area contributed by atoms with Gasteiger partial charge in [-0.3, -0.25) is 4.79 Å². The third-order valence-corrected chi connectivity index (χ3v) is 4.28. The Morgan fingerprint density at radius 1 is 1.10 bits per heavy atom. The van der Waals surface area contributed by atoms with E-state index in [1.54, 1.807) is 0 Å². The van der Waals surface area contributed by atoms with Crippen LogP contribution in [0.5, 0.6) is 0 Å². The Balaban J connectivity index is 2.17. The summed E-state index contributed by atoms with van der Waals surface area (Å²) in [6, 6.07) is 13.4. The summed E-state index contributed by atoms with van der Waals surface area (Å²) in [4.78, 5) is 12.3. The Hall–Kier alpha value is -1.12. The first-order valence-electron chi connectivity index (χ1n) is 6.85. The van der Waals surface area contributed by atoms with Crippen LogP contribution in [0.3, 0.4) is 0 Å². The van der Waals surface area contributed by atoms with E-state index in [0.29, 0.717) is 11.4 Å². The molecule has 0 heterocycles. The smallest absolute Gasteiger partial charge is 0.167 e. The maximum Gasteiger partial charge on any atom is 0.167 e. The Kier molecular flexibility index (Phi) is 4.90. The summed E-state index contributed by atoms with van der Waals surface area (Å²) in [6.07, 6.45) is 0.320. The molecule has 2 aromatic carbocycles. The molecule has 0 aromatic heterocycles. The van der Waals surface area contributed by atoms with Crippen LogP contribution in [0, 0.1) is 0 Å². The van der Waals surface area contributed by atoms with E-state index in [0.717, 1.165) is 15.6 Å². The van der Waals surface area contributed by atoms with E-state index < -0.39 is 0 Å². The topological polar surface area (TPSA) is 17.1 Å². The van der Waals surface area contributed by atoms with Gasteiger partial charge in [-0.05, 0) is 28.7 Å². The molecule has 21 heavy (non-hydrogen) atoms. The van der Waals surface area contributed by atoms with E-state index in [9.17, 15) is 4.79 Å². The van der Waals surface area contributed by atoms with Crippen LogP contribution in [0.25, 0.3) is 0 Å². The predicted octanol–water partition coefficient (Wildman–Crippen LogP) is 5.83. The first-order chi connectivity index (χ1) is 9.77. The van der Waals surface area contributed by atoms with Gasteiger partial charge in [-0.2, -0.15) is 0 Å². The Morgan fingerprint density at radius 2 is 1.71 bits per heavy atom. The van der Waals surface area contributed by atoms with Gasteiger partial charge in [0.1, 0.15) is 0 Å². The summed E-state index contributed by atoms with van der Waals surface area (Å²) in [7, 11) is 0. The van der Waals surface area contributed by atoms with E-state index in [4.69, 9.17) is 11.6 Å². The first kappa shape index (κ1) is 16.3. The molecule has 0 fully saturated rings. The van der Waals surface area contributed by atoms with Gasteiger partial charge in [-0.15, -0.1) is 0 Å². The summed E-state index contributed by atoms with van der Waals surface area (Å²) >= 11 is 9.53. The van der Waals surface area contributed by atoms with Crippen molar-refractivity contribution in [3.05, 3.63) is 68.7 Å². The van der Waals surface area contributed by atoms with Crippen molar-refractivity contribution in [3.63, 3.8) is 0 Å². The minimum absolute atomic E-state index is 0.0830. The molecule has 0 radical (unpaired) electrons. The maximum atomic E-state index is 12.3. The second kappa shape index (κ2) is 6.33. The molecular weight excluding hydrogens is 348 g/mol. The fourth-order valence-electron chi connectivity index (χ4n) is 2.10. The molecule has 0 saturated carbocycles. The molecule has 0 unspecified atom stereocenters. The zero-order valence-corrected chi connectivity index (χ0v) is 14.8. The van der Waals surface area contributed by atoms with Gasteiger partial charge in [0, 0.05) is 21.5 Å². The largest absolute Gasteiger partial charge is 0.294 e. The van der Waals surface area contributed by atoms with Gasteiger partial charge in [0.25, 0.3) is 0 Å². The fraction of sp³-hybridized carbons (Fsp3) is 0.278. The van der Waals surface area contributed by atoms with Gasteiger partial charge in [0.15, 0.2) is 5.78 Å². The van der Waals surface area contributed by atoms with Crippen molar-refractivity contribution < 1.29 is 4.79 Å². The molecule has 1 nitrogen and oxygen atoms in total. The van der Waals surface area contributed by atoms with Crippen molar-refractivity contribution in [1.82, 2.24) is 0 Å². The van der Waals surface area contributed by atoms with E-state index in [-0.39, 0.29) is 11.2 Å². The van der Waals surface area contributed by atoms with Crippen molar-refractivity contribution in [3.8, 4) is 0 Å². The van der Waals surface area contributed by atoms with Crippen LogP contribution >= 0.6 is 27.5 Å². The van der Waals surface area contributed by atoms with Crippen LogP contribution in [0.1, 0.15) is 42.3 Å². The summed E-state index contributed by atoms with van der Waals surface area (Å²) in [5, 5.41) is 0.615. The molecule has 0 aliphatic carbocycles. The van der Waals surface area contributed by atoms with Crippen LogP contribution in [-0.4, -0.2) is 5.78 Å². The van der Waals surface area contributed by atoms with Gasteiger partial charge in [0.2, 0.25) is 0 Å². The van der Waals surface area contributed by atoms with Crippen LogP contribution in [0.2, 0.25) is 5.02 Å². The summed E-state index contributed by atoms with van der Waals surface area (Å²) in [5.74, 6) is 0.0830. The number of rotatable bonds is 3. The summed E-state index contributed by atoms with van der Waals surface area (Å²) in [6.45, 7) is 6.47. The number of hydrogen-bond donors (Lipinski definition) is 0. The minimum Gasteiger partial charge on any atom is -0.294 e. The molecule has 0 bridgehead atoms. The normalized spacial score (nSPS) is 11.5. The molecule has 0 atom stereocenters.